The summed E-state index contributed by atoms with van der Waals surface area (Å²) >= 11 is 0. The predicted octanol–water partition coefficient (Wildman–Crippen LogP) is 4.29. The van der Waals surface area contributed by atoms with Crippen LogP contribution < -0.4 is 9.47 Å². The summed E-state index contributed by atoms with van der Waals surface area (Å²) in [6.07, 6.45) is 3.14. The quantitative estimate of drug-likeness (QED) is 0.599. The molecule has 0 bridgehead atoms. The van der Waals surface area contributed by atoms with Gasteiger partial charge in [-0.1, -0.05) is 19.9 Å². The number of ether oxygens (including phenoxy) is 3. The Morgan fingerprint density at radius 1 is 1.00 bits per heavy atom. The first-order valence-electron chi connectivity index (χ1n) is 9.06. The van der Waals surface area contributed by atoms with Crippen LogP contribution in [0.15, 0.2) is 42.5 Å². The molecule has 140 valence electrons. The second-order valence-corrected chi connectivity index (χ2v) is 7.97. The van der Waals surface area contributed by atoms with Crippen LogP contribution in [0.4, 0.5) is 0 Å². The van der Waals surface area contributed by atoms with Crippen molar-refractivity contribution >= 4 is 11.9 Å². The topological polar surface area (TPSA) is 61.8 Å². The fourth-order valence-electron chi connectivity index (χ4n) is 3.83. The molecule has 0 atom stereocenters. The number of hydrogen-bond donors (Lipinski definition) is 0. The van der Waals surface area contributed by atoms with E-state index in [4.69, 9.17) is 14.2 Å². The molecule has 0 amide bonds. The van der Waals surface area contributed by atoms with E-state index < -0.39 is 11.9 Å². The number of esters is 2. The molecule has 27 heavy (non-hydrogen) atoms. The molecule has 1 saturated carbocycles. The van der Waals surface area contributed by atoms with Gasteiger partial charge >= 0.3 is 11.9 Å². The van der Waals surface area contributed by atoms with E-state index in [9.17, 15) is 9.59 Å². The van der Waals surface area contributed by atoms with Crippen molar-refractivity contribution in [3.8, 4) is 11.5 Å². The van der Waals surface area contributed by atoms with Gasteiger partial charge in [0, 0.05) is 5.56 Å². The van der Waals surface area contributed by atoms with E-state index in [1.54, 1.807) is 24.3 Å². The van der Waals surface area contributed by atoms with Crippen molar-refractivity contribution in [2.45, 2.75) is 44.1 Å². The van der Waals surface area contributed by atoms with Crippen LogP contribution in [0.2, 0.25) is 0 Å². The third kappa shape index (κ3) is 3.29. The number of rotatable bonds is 3. The first-order chi connectivity index (χ1) is 12.8. The molecule has 4 rings (SSSR count). The molecule has 0 N–H and O–H groups in total. The van der Waals surface area contributed by atoms with Crippen LogP contribution in [0.25, 0.3) is 0 Å². The number of hydrogen-bond acceptors (Lipinski definition) is 5. The highest BCUT2D eigenvalue weighted by atomic mass is 16.5. The molecule has 0 radical (unpaired) electrons. The van der Waals surface area contributed by atoms with Crippen LogP contribution in [0.5, 0.6) is 11.5 Å². The zero-order chi connectivity index (χ0) is 19.2. The van der Waals surface area contributed by atoms with Crippen molar-refractivity contribution in [2.75, 3.05) is 7.11 Å². The third-order valence-electron chi connectivity index (χ3n) is 5.31. The maximum Gasteiger partial charge on any atom is 0.343 e. The number of benzene rings is 2. The Morgan fingerprint density at radius 3 is 2.44 bits per heavy atom. The monoisotopic (exact) mass is 366 g/mol. The van der Waals surface area contributed by atoms with Gasteiger partial charge in [0.15, 0.2) is 0 Å². The molecule has 0 aromatic heterocycles. The van der Waals surface area contributed by atoms with Crippen LogP contribution >= 0.6 is 0 Å². The van der Waals surface area contributed by atoms with Gasteiger partial charge in [-0.3, -0.25) is 0 Å². The van der Waals surface area contributed by atoms with Gasteiger partial charge in [-0.05, 0) is 61.1 Å². The van der Waals surface area contributed by atoms with E-state index in [1.165, 1.54) is 13.2 Å². The summed E-state index contributed by atoms with van der Waals surface area (Å²) in [4.78, 5) is 24.3. The van der Waals surface area contributed by atoms with Crippen LogP contribution in [0.1, 0.15) is 59.4 Å². The SMILES string of the molecule is COC(=O)c1cccc(OC(=O)c2ccc3c(c2)C(C)(C)CC2(CC2)O3)c1. The van der Waals surface area contributed by atoms with E-state index in [1.807, 2.05) is 12.1 Å². The van der Waals surface area contributed by atoms with Gasteiger partial charge in [0.05, 0.1) is 18.2 Å². The maximum absolute atomic E-state index is 12.6. The largest absolute Gasteiger partial charge is 0.487 e. The maximum atomic E-state index is 12.6. The number of fused-ring (bicyclic) bond motifs is 1. The fraction of sp³-hybridized carbons (Fsp3) is 0.364. The Morgan fingerprint density at radius 2 is 1.74 bits per heavy atom. The average Bonchev–Trinajstić information content (AvgIpc) is 3.38. The minimum absolute atomic E-state index is 0.00709. The summed E-state index contributed by atoms with van der Waals surface area (Å²) < 4.78 is 16.3. The molecule has 1 spiro atoms. The lowest BCUT2D eigenvalue weighted by atomic mass is 9.76. The van der Waals surface area contributed by atoms with E-state index in [0.29, 0.717) is 16.9 Å². The normalized spacial score (nSPS) is 18.2. The molecule has 0 saturated heterocycles. The number of methoxy groups -OCH3 is 1. The van der Waals surface area contributed by atoms with Crippen molar-refractivity contribution in [3.05, 3.63) is 59.2 Å². The molecule has 5 nitrogen and oxygen atoms in total. The van der Waals surface area contributed by atoms with Crippen LogP contribution in [0.3, 0.4) is 0 Å². The summed E-state index contributed by atoms with van der Waals surface area (Å²) in [5.41, 5.74) is 1.74. The van der Waals surface area contributed by atoms with Crippen molar-refractivity contribution in [1.29, 1.82) is 0 Å². The zero-order valence-electron chi connectivity index (χ0n) is 15.7. The highest BCUT2D eigenvalue weighted by Crippen LogP contribution is 2.54. The van der Waals surface area contributed by atoms with Gasteiger partial charge < -0.3 is 14.2 Å². The average molecular weight is 366 g/mol. The molecule has 1 fully saturated rings. The summed E-state index contributed by atoms with van der Waals surface area (Å²) in [6, 6.07) is 11.8. The minimum atomic E-state index is -0.477. The molecule has 0 unspecified atom stereocenters. The first-order valence-corrected chi connectivity index (χ1v) is 9.06. The van der Waals surface area contributed by atoms with Crippen LogP contribution in [-0.4, -0.2) is 24.6 Å². The lowest BCUT2D eigenvalue weighted by Gasteiger charge is -2.38. The third-order valence-corrected chi connectivity index (χ3v) is 5.31. The smallest absolute Gasteiger partial charge is 0.343 e. The highest BCUT2D eigenvalue weighted by molar-refractivity contribution is 5.93. The molecule has 1 aliphatic heterocycles. The van der Waals surface area contributed by atoms with E-state index in [2.05, 4.69) is 13.8 Å². The Balaban J connectivity index is 1.58. The number of carbonyl (C=O) groups excluding carboxylic acids is 2. The van der Waals surface area contributed by atoms with Crippen molar-refractivity contribution in [2.24, 2.45) is 0 Å². The number of carbonyl (C=O) groups is 2. The van der Waals surface area contributed by atoms with Gasteiger partial charge in [0.25, 0.3) is 0 Å². The Labute approximate surface area is 158 Å². The van der Waals surface area contributed by atoms with Gasteiger partial charge in [0.2, 0.25) is 0 Å². The standard InChI is InChI=1S/C22H22O5/c1-21(2)13-22(9-10-22)27-18-8-7-15(12-17(18)21)20(24)26-16-6-4-5-14(11-16)19(23)25-3/h4-8,11-12H,9-10,13H2,1-3H3. The molecule has 5 heteroatoms. The molecule has 1 heterocycles. The molecule has 2 aromatic carbocycles. The Bertz CT molecular complexity index is 924. The van der Waals surface area contributed by atoms with Crippen molar-refractivity contribution in [3.63, 3.8) is 0 Å². The summed E-state index contributed by atoms with van der Waals surface area (Å²) in [6.45, 7) is 4.37. The first kappa shape index (κ1) is 17.6. The zero-order valence-corrected chi connectivity index (χ0v) is 15.7. The summed E-state index contributed by atoms with van der Waals surface area (Å²) in [5, 5.41) is 0. The molecular formula is C22H22O5. The minimum Gasteiger partial charge on any atom is -0.487 e. The molecular weight excluding hydrogens is 344 g/mol. The van der Waals surface area contributed by atoms with Gasteiger partial charge in [-0.15, -0.1) is 0 Å². The highest BCUT2D eigenvalue weighted by Gasteiger charge is 2.53. The van der Waals surface area contributed by atoms with E-state index in [0.717, 1.165) is 30.6 Å². The molecule has 2 aromatic rings. The molecule has 1 aliphatic carbocycles. The predicted molar refractivity (Wildman–Crippen MR) is 99.4 cm³/mol. The molecule has 2 aliphatic rings. The fourth-order valence-corrected chi connectivity index (χ4v) is 3.83. The summed E-state index contributed by atoms with van der Waals surface area (Å²) in [5.74, 6) is 0.206. The van der Waals surface area contributed by atoms with Crippen molar-refractivity contribution < 1.29 is 23.8 Å². The summed E-state index contributed by atoms with van der Waals surface area (Å²) in [7, 11) is 1.31. The van der Waals surface area contributed by atoms with Gasteiger partial charge in [-0.2, -0.15) is 0 Å². The Kier molecular flexibility index (Phi) is 3.98. The van der Waals surface area contributed by atoms with E-state index in [-0.39, 0.29) is 11.0 Å². The van der Waals surface area contributed by atoms with Gasteiger partial charge in [0.1, 0.15) is 17.1 Å². The van der Waals surface area contributed by atoms with Crippen LogP contribution in [-0.2, 0) is 10.2 Å². The lowest BCUT2D eigenvalue weighted by Crippen LogP contribution is -2.36. The lowest BCUT2D eigenvalue weighted by molar-refractivity contribution is 0.0597. The Hall–Kier alpha value is -2.82. The second kappa shape index (κ2) is 6.12. The van der Waals surface area contributed by atoms with Gasteiger partial charge in [-0.25, -0.2) is 9.59 Å². The van der Waals surface area contributed by atoms with Crippen molar-refractivity contribution in [1.82, 2.24) is 0 Å². The second-order valence-electron chi connectivity index (χ2n) is 7.97. The van der Waals surface area contributed by atoms with E-state index >= 15 is 0 Å². The van der Waals surface area contributed by atoms with Crippen LogP contribution in [0, 0.1) is 0 Å².